The highest BCUT2D eigenvalue weighted by atomic mass is 16.6. The van der Waals surface area contributed by atoms with Crippen LogP contribution in [0.5, 0.6) is 0 Å². The normalized spacial score (nSPS) is 12.3. The summed E-state index contributed by atoms with van der Waals surface area (Å²) in [6.07, 6.45) is 76.8. The second-order valence-corrected chi connectivity index (χ2v) is 21.7. The number of unbranched alkanes of at least 4 members (excludes halogenated alkanes) is 40. The summed E-state index contributed by atoms with van der Waals surface area (Å²) in [5.41, 5.74) is 0. The van der Waals surface area contributed by atoms with E-state index >= 15 is 0 Å². The molecule has 0 radical (unpaired) electrons. The van der Waals surface area contributed by atoms with Gasteiger partial charge in [0.1, 0.15) is 13.2 Å². The van der Waals surface area contributed by atoms with E-state index in [2.05, 4.69) is 69.4 Å². The van der Waals surface area contributed by atoms with Crippen molar-refractivity contribution in [3.05, 3.63) is 48.6 Å². The molecule has 1 atom stereocenters. The Morgan fingerprint density at radius 1 is 0.274 bits per heavy atom. The van der Waals surface area contributed by atoms with Crippen molar-refractivity contribution in [1.82, 2.24) is 0 Å². The highest BCUT2D eigenvalue weighted by Gasteiger charge is 2.19. The largest absolute Gasteiger partial charge is 0.462 e. The van der Waals surface area contributed by atoms with Crippen LogP contribution in [0.3, 0.4) is 0 Å². The number of allylic oxidation sites excluding steroid dienone is 8. The molecule has 0 saturated heterocycles. The molecule has 0 N–H and O–H groups in total. The van der Waals surface area contributed by atoms with Gasteiger partial charge in [-0.3, -0.25) is 14.4 Å². The fraction of sp³-hybridized carbons (Fsp3) is 0.836. The van der Waals surface area contributed by atoms with Crippen molar-refractivity contribution in [2.24, 2.45) is 0 Å². The lowest BCUT2D eigenvalue weighted by Gasteiger charge is -2.18. The van der Waals surface area contributed by atoms with Crippen LogP contribution in [0, 0.1) is 0 Å². The maximum absolute atomic E-state index is 12.9. The monoisotopic (exact) mass is 1020 g/mol. The van der Waals surface area contributed by atoms with Gasteiger partial charge in [0, 0.05) is 19.3 Å². The number of hydrogen-bond acceptors (Lipinski definition) is 6. The van der Waals surface area contributed by atoms with Crippen molar-refractivity contribution in [3.8, 4) is 0 Å². The fourth-order valence-corrected chi connectivity index (χ4v) is 9.41. The quantitative estimate of drug-likeness (QED) is 0.0261. The number of carbonyl (C=O) groups is 3. The first-order valence-electron chi connectivity index (χ1n) is 32.1. The Hall–Kier alpha value is -2.63. The third kappa shape index (κ3) is 60.1. The molecule has 0 aliphatic heterocycles. The third-order valence-corrected chi connectivity index (χ3v) is 14.3. The van der Waals surface area contributed by atoms with Gasteiger partial charge >= 0.3 is 17.9 Å². The number of esters is 3. The molecule has 0 aromatic rings. The van der Waals surface area contributed by atoms with E-state index in [-0.39, 0.29) is 31.1 Å². The van der Waals surface area contributed by atoms with Crippen LogP contribution < -0.4 is 0 Å². The molecule has 0 aliphatic rings. The Labute approximate surface area is 454 Å². The summed E-state index contributed by atoms with van der Waals surface area (Å²) in [4.78, 5) is 38.3. The van der Waals surface area contributed by atoms with Crippen molar-refractivity contribution >= 4 is 17.9 Å². The molecule has 0 bridgehead atoms. The molecular formula is C67H122O6. The zero-order chi connectivity index (χ0) is 52.9. The lowest BCUT2D eigenvalue weighted by Crippen LogP contribution is -2.30. The maximum Gasteiger partial charge on any atom is 0.306 e. The second kappa shape index (κ2) is 61.9. The molecule has 0 spiro atoms. The summed E-state index contributed by atoms with van der Waals surface area (Å²) < 4.78 is 16.9. The van der Waals surface area contributed by atoms with E-state index in [0.717, 1.165) is 64.2 Å². The number of ether oxygens (including phenoxy) is 3. The van der Waals surface area contributed by atoms with Gasteiger partial charge in [0.05, 0.1) is 0 Å². The SMILES string of the molecule is CCCCC/C=C\C/C=C\CCCCCCCCCCCC(=O)OCC(COC(=O)CCCCCCCCC/C=C\CCCCCCCCC)OC(=O)CCCCCCCCC/C=C\CCCCCCCCC. The predicted molar refractivity (Wildman–Crippen MR) is 316 cm³/mol. The van der Waals surface area contributed by atoms with Crippen LogP contribution in [0.25, 0.3) is 0 Å². The predicted octanol–water partition coefficient (Wildman–Crippen LogP) is 21.8. The first-order chi connectivity index (χ1) is 36.0. The summed E-state index contributed by atoms with van der Waals surface area (Å²) in [6, 6.07) is 0. The zero-order valence-electron chi connectivity index (χ0n) is 48.9. The molecule has 0 aromatic carbocycles. The van der Waals surface area contributed by atoms with E-state index in [0.29, 0.717) is 19.3 Å². The summed E-state index contributed by atoms with van der Waals surface area (Å²) in [7, 11) is 0. The Morgan fingerprint density at radius 3 is 0.795 bits per heavy atom. The minimum Gasteiger partial charge on any atom is -0.462 e. The number of carbonyl (C=O) groups excluding carboxylic acids is 3. The first kappa shape index (κ1) is 70.4. The molecule has 0 saturated carbocycles. The number of rotatable bonds is 59. The zero-order valence-corrected chi connectivity index (χ0v) is 48.9. The van der Waals surface area contributed by atoms with Crippen LogP contribution in [-0.4, -0.2) is 37.2 Å². The second-order valence-electron chi connectivity index (χ2n) is 21.7. The van der Waals surface area contributed by atoms with Crippen LogP contribution >= 0.6 is 0 Å². The molecule has 0 fully saturated rings. The molecule has 0 aromatic heterocycles. The van der Waals surface area contributed by atoms with E-state index in [1.54, 1.807) is 0 Å². The summed E-state index contributed by atoms with van der Waals surface area (Å²) >= 11 is 0. The molecule has 0 aliphatic carbocycles. The van der Waals surface area contributed by atoms with Gasteiger partial charge in [0.15, 0.2) is 6.10 Å². The average Bonchev–Trinajstić information content (AvgIpc) is 3.39. The van der Waals surface area contributed by atoms with Crippen molar-refractivity contribution in [1.29, 1.82) is 0 Å². The van der Waals surface area contributed by atoms with Gasteiger partial charge in [0.2, 0.25) is 0 Å². The van der Waals surface area contributed by atoms with E-state index in [1.807, 2.05) is 0 Å². The fourth-order valence-electron chi connectivity index (χ4n) is 9.41. The molecule has 1 unspecified atom stereocenters. The van der Waals surface area contributed by atoms with Crippen molar-refractivity contribution in [2.45, 2.75) is 348 Å². The van der Waals surface area contributed by atoms with E-state index in [4.69, 9.17) is 14.2 Å². The minimum absolute atomic E-state index is 0.0762. The highest BCUT2D eigenvalue weighted by molar-refractivity contribution is 5.71. The van der Waals surface area contributed by atoms with E-state index in [9.17, 15) is 14.4 Å². The van der Waals surface area contributed by atoms with Gasteiger partial charge in [0.25, 0.3) is 0 Å². The molecule has 6 nitrogen and oxygen atoms in total. The van der Waals surface area contributed by atoms with Gasteiger partial charge in [-0.15, -0.1) is 0 Å². The highest BCUT2D eigenvalue weighted by Crippen LogP contribution is 2.16. The van der Waals surface area contributed by atoms with Gasteiger partial charge in [-0.05, 0) is 103 Å². The molecule has 0 amide bonds. The summed E-state index contributed by atoms with van der Waals surface area (Å²) in [6.45, 7) is 6.65. The maximum atomic E-state index is 12.9. The van der Waals surface area contributed by atoms with Gasteiger partial charge in [-0.1, -0.05) is 268 Å². The van der Waals surface area contributed by atoms with Crippen molar-refractivity contribution in [3.63, 3.8) is 0 Å². The molecule has 0 heterocycles. The van der Waals surface area contributed by atoms with Gasteiger partial charge in [-0.2, -0.15) is 0 Å². The summed E-state index contributed by atoms with van der Waals surface area (Å²) in [5, 5.41) is 0. The Morgan fingerprint density at radius 2 is 0.493 bits per heavy atom. The standard InChI is InChI=1S/C67H122O6/c1-4-7-10-13-16-19-22-25-28-31-34-37-39-42-45-48-51-54-57-60-66(69)72-63-64(73-67(70)61-58-55-52-49-46-43-40-36-33-30-27-24-21-18-15-12-9-6-3)62-71-65(68)59-56-53-50-47-44-41-38-35-32-29-26-23-20-17-14-11-8-5-2/h16,19,25,28-30,32-33,64H,4-15,17-18,20-24,26-27,31,34-63H2,1-3H3/b19-16-,28-25-,32-29-,33-30-. The molecule has 0 rings (SSSR count). The van der Waals surface area contributed by atoms with Gasteiger partial charge < -0.3 is 14.2 Å². The van der Waals surface area contributed by atoms with E-state index < -0.39 is 6.10 Å². The van der Waals surface area contributed by atoms with E-state index in [1.165, 1.54) is 238 Å². The average molecular weight is 1020 g/mol. The van der Waals surface area contributed by atoms with Crippen LogP contribution in [0.1, 0.15) is 342 Å². The van der Waals surface area contributed by atoms with Gasteiger partial charge in [-0.25, -0.2) is 0 Å². The topological polar surface area (TPSA) is 78.9 Å². The van der Waals surface area contributed by atoms with Crippen LogP contribution in [-0.2, 0) is 28.6 Å². The molecule has 6 heteroatoms. The van der Waals surface area contributed by atoms with Crippen LogP contribution in [0.2, 0.25) is 0 Å². The first-order valence-corrected chi connectivity index (χ1v) is 32.1. The van der Waals surface area contributed by atoms with Crippen molar-refractivity contribution < 1.29 is 28.6 Å². The number of hydrogen-bond donors (Lipinski definition) is 0. The Kier molecular flexibility index (Phi) is 59.7. The lowest BCUT2D eigenvalue weighted by atomic mass is 10.1. The lowest BCUT2D eigenvalue weighted by molar-refractivity contribution is -0.167. The molecule has 73 heavy (non-hydrogen) atoms. The summed E-state index contributed by atoms with van der Waals surface area (Å²) in [5.74, 6) is -0.869. The Balaban J connectivity index is 4.37. The van der Waals surface area contributed by atoms with Crippen LogP contribution in [0.4, 0.5) is 0 Å². The molecule has 426 valence electrons. The smallest absolute Gasteiger partial charge is 0.306 e. The Bertz CT molecular complexity index is 1270. The van der Waals surface area contributed by atoms with Crippen LogP contribution in [0.15, 0.2) is 48.6 Å². The minimum atomic E-state index is -0.779. The third-order valence-electron chi connectivity index (χ3n) is 14.3. The van der Waals surface area contributed by atoms with Crippen molar-refractivity contribution in [2.75, 3.05) is 13.2 Å². The molecular weight excluding hydrogens is 901 g/mol.